The van der Waals surface area contributed by atoms with E-state index in [1.807, 2.05) is 6.92 Å². The van der Waals surface area contributed by atoms with Crippen LogP contribution in [0.2, 0.25) is 0 Å². The van der Waals surface area contributed by atoms with E-state index in [2.05, 4.69) is 62.5 Å². The highest BCUT2D eigenvalue weighted by molar-refractivity contribution is 9.10. The maximum atomic E-state index is 12.1. The van der Waals surface area contributed by atoms with Crippen molar-refractivity contribution >= 4 is 32.6 Å². The number of benzene rings is 2. The third-order valence-electron chi connectivity index (χ3n) is 4.88. The second-order valence-electron chi connectivity index (χ2n) is 6.56. The molecule has 0 aromatic heterocycles. The number of hydrogen-bond donors (Lipinski definition) is 1. The Morgan fingerprint density at radius 2 is 2.04 bits per heavy atom. The summed E-state index contributed by atoms with van der Waals surface area (Å²) < 4.78 is 1.20. The van der Waals surface area contributed by atoms with E-state index in [0.717, 1.165) is 45.4 Å². The fourth-order valence-electron chi connectivity index (χ4n) is 3.54. The molecule has 1 heterocycles. The Labute approximate surface area is 152 Å². The first-order chi connectivity index (χ1) is 11.7. The van der Waals surface area contributed by atoms with Gasteiger partial charge in [0.15, 0.2) is 0 Å². The number of nitrogens with zero attached hydrogens (tertiary/aromatic N) is 1. The first kappa shape index (κ1) is 17.4. The van der Waals surface area contributed by atoms with Crippen molar-refractivity contribution in [3.63, 3.8) is 0 Å². The lowest BCUT2D eigenvalue weighted by atomic mass is 10.00. The minimum Gasteiger partial charge on any atom is -0.356 e. The summed E-state index contributed by atoms with van der Waals surface area (Å²) in [5.74, 6) is 0.404. The maximum Gasteiger partial charge on any atom is 0.223 e. The summed E-state index contributed by atoms with van der Waals surface area (Å²) in [6.45, 7) is 5.70. The highest BCUT2D eigenvalue weighted by atomic mass is 79.9. The minimum absolute atomic E-state index is 0.176. The molecule has 1 aliphatic heterocycles. The molecule has 0 bridgehead atoms. The van der Waals surface area contributed by atoms with Crippen LogP contribution in [0.3, 0.4) is 0 Å². The molecule has 0 aliphatic carbocycles. The second-order valence-corrected chi connectivity index (χ2v) is 7.35. The molecule has 3 nitrogen and oxygen atoms in total. The minimum atomic E-state index is 0.176. The van der Waals surface area contributed by atoms with Crippen molar-refractivity contribution in [1.82, 2.24) is 10.2 Å². The standard InChI is InChI=1S/C20H25BrN2O/c1-2-22-20(24)16-7-5-12-23(13-11-16)14-17-10-9-15-6-3-4-8-18(15)19(17)21/h3-4,6,8-10,16H,2,5,7,11-14H2,1H3,(H,22,24). The van der Waals surface area contributed by atoms with Gasteiger partial charge in [-0.3, -0.25) is 9.69 Å². The van der Waals surface area contributed by atoms with Gasteiger partial charge in [-0.1, -0.05) is 36.4 Å². The Morgan fingerprint density at radius 1 is 1.21 bits per heavy atom. The largest absolute Gasteiger partial charge is 0.356 e. The van der Waals surface area contributed by atoms with Crippen LogP contribution in [0, 0.1) is 5.92 Å². The van der Waals surface area contributed by atoms with E-state index >= 15 is 0 Å². The van der Waals surface area contributed by atoms with Crippen LogP contribution in [-0.4, -0.2) is 30.4 Å². The smallest absolute Gasteiger partial charge is 0.223 e. The molecule has 3 rings (SSSR count). The van der Waals surface area contributed by atoms with Gasteiger partial charge < -0.3 is 5.32 Å². The van der Waals surface area contributed by atoms with Crippen molar-refractivity contribution in [2.75, 3.05) is 19.6 Å². The van der Waals surface area contributed by atoms with Crippen LogP contribution in [0.5, 0.6) is 0 Å². The topological polar surface area (TPSA) is 32.3 Å². The lowest BCUT2D eigenvalue weighted by Crippen LogP contribution is -2.31. The number of fused-ring (bicyclic) bond motifs is 1. The molecule has 0 saturated carbocycles. The molecule has 1 fully saturated rings. The lowest BCUT2D eigenvalue weighted by molar-refractivity contribution is -0.125. The predicted molar refractivity (Wildman–Crippen MR) is 103 cm³/mol. The van der Waals surface area contributed by atoms with Gasteiger partial charge in [-0.25, -0.2) is 0 Å². The van der Waals surface area contributed by atoms with E-state index in [1.165, 1.54) is 20.8 Å². The van der Waals surface area contributed by atoms with Crippen molar-refractivity contribution < 1.29 is 4.79 Å². The Bertz CT molecular complexity index is 716. The zero-order valence-corrected chi connectivity index (χ0v) is 15.8. The summed E-state index contributed by atoms with van der Waals surface area (Å²) in [6.07, 6.45) is 3.05. The van der Waals surface area contributed by atoms with E-state index in [4.69, 9.17) is 0 Å². The van der Waals surface area contributed by atoms with Crippen LogP contribution in [0.15, 0.2) is 40.9 Å². The van der Waals surface area contributed by atoms with Gasteiger partial charge >= 0.3 is 0 Å². The molecule has 0 spiro atoms. The van der Waals surface area contributed by atoms with Crippen LogP contribution in [0.1, 0.15) is 31.7 Å². The molecule has 1 unspecified atom stereocenters. The van der Waals surface area contributed by atoms with E-state index in [1.54, 1.807) is 0 Å². The van der Waals surface area contributed by atoms with Gasteiger partial charge in [0.2, 0.25) is 5.91 Å². The quantitative estimate of drug-likeness (QED) is 0.844. The third-order valence-corrected chi connectivity index (χ3v) is 5.82. The van der Waals surface area contributed by atoms with E-state index in [-0.39, 0.29) is 11.8 Å². The molecule has 1 amide bonds. The van der Waals surface area contributed by atoms with Crippen LogP contribution in [0.25, 0.3) is 10.8 Å². The van der Waals surface area contributed by atoms with Crippen molar-refractivity contribution in [3.05, 3.63) is 46.4 Å². The van der Waals surface area contributed by atoms with Crippen molar-refractivity contribution in [3.8, 4) is 0 Å². The molecule has 2 aromatic rings. The molecule has 1 saturated heterocycles. The number of amides is 1. The monoisotopic (exact) mass is 388 g/mol. The number of hydrogen-bond acceptors (Lipinski definition) is 2. The fraction of sp³-hybridized carbons (Fsp3) is 0.450. The Morgan fingerprint density at radius 3 is 2.88 bits per heavy atom. The summed E-state index contributed by atoms with van der Waals surface area (Å²) in [6, 6.07) is 12.9. The van der Waals surface area contributed by atoms with E-state index < -0.39 is 0 Å². The number of carbonyl (C=O) groups excluding carboxylic acids is 1. The normalized spacial score (nSPS) is 19.2. The Hall–Kier alpha value is -1.39. The third kappa shape index (κ3) is 3.98. The predicted octanol–water partition coefficient (Wildman–Crippen LogP) is 4.34. The van der Waals surface area contributed by atoms with Gasteiger partial charge in [0.1, 0.15) is 0 Å². The van der Waals surface area contributed by atoms with Gasteiger partial charge in [0.05, 0.1) is 0 Å². The number of rotatable bonds is 4. The maximum absolute atomic E-state index is 12.1. The summed E-state index contributed by atoms with van der Waals surface area (Å²) in [5.41, 5.74) is 1.32. The number of likely N-dealkylation sites (tertiary alicyclic amines) is 1. The fourth-order valence-corrected chi connectivity index (χ4v) is 4.16. The van der Waals surface area contributed by atoms with Crippen molar-refractivity contribution in [1.29, 1.82) is 0 Å². The molecule has 2 aromatic carbocycles. The first-order valence-corrected chi connectivity index (χ1v) is 9.64. The molecule has 1 aliphatic rings. The number of nitrogens with one attached hydrogen (secondary N) is 1. The molecule has 24 heavy (non-hydrogen) atoms. The lowest BCUT2D eigenvalue weighted by Gasteiger charge is -2.21. The zero-order valence-electron chi connectivity index (χ0n) is 14.2. The van der Waals surface area contributed by atoms with E-state index in [9.17, 15) is 4.79 Å². The van der Waals surface area contributed by atoms with Gasteiger partial charge in [0, 0.05) is 23.5 Å². The highest BCUT2D eigenvalue weighted by Gasteiger charge is 2.22. The molecule has 1 atom stereocenters. The first-order valence-electron chi connectivity index (χ1n) is 8.85. The number of carbonyl (C=O) groups is 1. The SMILES string of the molecule is CCNC(=O)C1CCCN(Cc2ccc3ccccc3c2Br)CC1. The summed E-state index contributed by atoms with van der Waals surface area (Å²) in [4.78, 5) is 14.6. The highest BCUT2D eigenvalue weighted by Crippen LogP contribution is 2.29. The average Bonchev–Trinajstić information content (AvgIpc) is 2.83. The van der Waals surface area contributed by atoms with Gasteiger partial charge in [-0.05, 0) is 71.5 Å². The number of halogens is 1. The Kier molecular flexibility index (Phi) is 5.90. The van der Waals surface area contributed by atoms with Gasteiger partial charge in [0.25, 0.3) is 0 Å². The van der Waals surface area contributed by atoms with Crippen LogP contribution in [-0.2, 0) is 11.3 Å². The summed E-state index contributed by atoms with van der Waals surface area (Å²) in [5, 5.41) is 5.50. The zero-order chi connectivity index (χ0) is 16.9. The van der Waals surface area contributed by atoms with Crippen molar-refractivity contribution in [2.45, 2.75) is 32.7 Å². The van der Waals surface area contributed by atoms with Crippen molar-refractivity contribution in [2.24, 2.45) is 5.92 Å². The summed E-state index contributed by atoms with van der Waals surface area (Å²) in [7, 11) is 0. The molecule has 128 valence electrons. The molecule has 0 radical (unpaired) electrons. The molecular weight excluding hydrogens is 364 g/mol. The second kappa shape index (κ2) is 8.13. The van der Waals surface area contributed by atoms with Gasteiger partial charge in [-0.15, -0.1) is 0 Å². The molecule has 1 N–H and O–H groups in total. The van der Waals surface area contributed by atoms with Crippen LogP contribution < -0.4 is 5.32 Å². The van der Waals surface area contributed by atoms with E-state index in [0.29, 0.717) is 0 Å². The summed E-state index contributed by atoms with van der Waals surface area (Å²) >= 11 is 3.79. The van der Waals surface area contributed by atoms with Crippen LogP contribution >= 0.6 is 15.9 Å². The Balaban J connectivity index is 1.68. The average molecular weight is 389 g/mol. The molecule has 4 heteroatoms. The molecular formula is C20H25BrN2O. The van der Waals surface area contributed by atoms with Gasteiger partial charge in [-0.2, -0.15) is 0 Å². The van der Waals surface area contributed by atoms with Crippen LogP contribution in [0.4, 0.5) is 0 Å².